The summed E-state index contributed by atoms with van der Waals surface area (Å²) in [5, 5.41) is 0. The fraction of sp³-hybridized carbons (Fsp3) is 0.350. The van der Waals surface area contributed by atoms with Crippen molar-refractivity contribution in [1.82, 2.24) is 9.21 Å². The molecule has 1 aliphatic carbocycles. The van der Waals surface area contributed by atoms with Gasteiger partial charge < -0.3 is 4.90 Å². The zero-order valence-electron chi connectivity index (χ0n) is 15.7. The first-order valence-corrected chi connectivity index (χ1v) is 10.8. The number of halogens is 4. The van der Waals surface area contributed by atoms with E-state index in [4.69, 9.17) is 0 Å². The van der Waals surface area contributed by atoms with Crippen molar-refractivity contribution in [2.75, 3.05) is 26.2 Å². The van der Waals surface area contributed by atoms with Crippen LogP contribution in [0.25, 0.3) is 0 Å². The number of rotatable bonds is 4. The Morgan fingerprint density at radius 3 is 2.13 bits per heavy atom. The molecular formula is C20H18F4N2O3S. The van der Waals surface area contributed by atoms with E-state index in [0.29, 0.717) is 18.6 Å². The maximum atomic E-state index is 14.0. The highest BCUT2D eigenvalue weighted by atomic mass is 32.2. The maximum absolute atomic E-state index is 14.0. The number of benzene rings is 2. The molecule has 30 heavy (non-hydrogen) atoms. The number of carbonyl (C=O) groups excluding carboxylic acids is 1. The van der Waals surface area contributed by atoms with Crippen molar-refractivity contribution in [2.45, 2.75) is 17.2 Å². The third-order valence-corrected chi connectivity index (χ3v) is 7.49. The molecule has 1 saturated carbocycles. The number of sulfonamides is 1. The lowest BCUT2D eigenvalue weighted by Gasteiger charge is -2.34. The predicted molar refractivity (Wildman–Crippen MR) is 98.9 cm³/mol. The van der Waals surface area contributed by atoms with Gasteiger partial charge in [-0.3, -0.25) is 4.79 Å². The van der Waals surface area contributed by atoms with E-state index < -0.39 is 32.4 Å². The first kappa shape index (κ1) is 20.8. The van der Waals surface area contributed by atoms with E-state index in [1.54, 1.807) is 17.0 Å². The van der Waals surface area contributed by atoms with Gasteiger partial charge in [0.05, 0.1) is 0 Å². The van der Waals surface area contributed by atoms with E-state index in [1.807, 2.05) is 0 Å². The van der Waals surface area contributed by atoms with Crippen molar-refractivity contribution < 1.29 is 30.8 Å². The minimum Gasteiger partial charge on any atom is -0.340 e. The van der Waals surface area contributed by atoms with E-state index in [-0.39, 0.29) is 49.7 Å². The largest absolute Gasteiger partial charge is 0.340 e. The third-order valence-electron chi connectivity index (χ3n) is 5.57. The Bertz CT molecular complexity index is 1080. The maximum Gasteiger partial charge on any atom is 0.246 e. The molecule has 2 unspecified atom stereocenters. The van der Waals surface area contributed by atoms with Gasteiger partial charge in [0.2, 0.25) is 15.9 Å². The molecule has 4 rings (SSSR count). The van der Waals surface area contributed by atoms with E-state index in [0.717, 1.165) is 9.87 Å². The quantitative estimate of drug-likeness (QED) is 0.541. The molecule has 0 aromatic heterocycles. The molecule has 0 radical (unpaired) electrons. The molecule has 1 heterocycles. The molecule has 1 aliphatic heterocycles. The highest BCUT2D eigenvalue weighted by Crippen LogP contribution is 2.48. The molecule has 0 bridgehead atoms. The van der Waals surface area contributed by atoms with Crippen LogP contribution in [0.4, 0.5) is 17.6 Å². The van der Waals surface area contributed by atoms with Gasteiger partial charge in [-0.05, 0) is 42.2 Å². The first-order chi connectivity index (χ1) is 14.2. The number of hydrogen-bond donors (Lipinski definition) is 0. The summed E-state index contributed by atoms with van der Waals surface area (Å²) in [6, 6.07) is 7.24. The molecule has 160 valence electrons. The molecule has 10 heteroatoms. The Kier molecular flexibility index (Phi) is 5.31. The van der Waals surface area contributed by atoms with Gasteiger partial charge >= 0.3 is 0 Å². The number of carbonyl (C=O) groups is 1. The zero-order valence-corrected chi connectivity index (χ0v) is 16.5. The smallest absolute Gasteiger partial charge is 0.246 e. The van der Waals surface area contributed by atoms with Crippen molar-refractivity contribution in [3.8, 4) is 0 Å². The van der Waals surface area contributed by atoms with Crippen LogP contribution in [0.1, 0.15) is 17.9 Å². The lowest BCUT2D eigenvalue weighted by atomic mass is 10.1. The zero-order chi connectivity index (χ0) is 21.6. The molecule has 5 nitrogen and oxygen atoms in total. The predicted octanol–water partition coefficient (Wildman–Crippen LogP) is 2.88. The van der Waals surface area contributed by atoms with Gasteiger partial charge in [-0.2, -0.15) is 4.31 Å². The summed E-state index contributed by atoms with van der Waals surface area (Å²) in [6.45, 7) is 0.0485. The van der Waals surface area contributed by atoms with Crippen LogP contribution in [0.3, 0.4) is 0 Å². The lowest BCUT2D eigenvalue weighted by Crippen LogP contribution is -2.51. The molecule has 2 aliphatic rings. The Hall–Kier alpha value is -2.46. The van der Waals surface area contributed by atoms with Gasteiger partial charge in [-0.1, -0.05) is 12.1 Å². The Labute approximate surface area is 171 Å². The summed E-state index contributed by atoms with van der Waals surface area (Å²) in [7, 11) is -4.37. The minimum absolute atomic E-state index is 0.0103. The Morgan fingerprint density at radius 2 is 1.50 bits per heavy atom. The topological polar surface area (TPSA) is 57.7 Å². The molecule has 2 aromatic rings. The minimum atomic E-state index is -4.37. The summed E-state index contributed by atoms with van der Waals surface area (Å²) in [5.74, 6) is -5.75. The summed E-state index contributed by atoms with van der Waals surface area (Å²) in [4.78, 5) is 13.3. The van der Waals surface area contributed by atoms with E-state index in [9.17, 15) is 30.8 Å². The van der Waals surface area contributed by atoms with Crippen LogP contribution in [0.5, 0.6) is 0 Å². The number of amides is 1. The van der Waals surface area contributed by atoms with Crippen LogP contribution >= 0.6 is 0 Å². The van der Waals surface area contributed by atoms with E-state index in [1.165, 1.54) is 12.1 Å². The second kappa shape index (κ2) is 7.66. The van der Waals surface area contributed by atoms with Crippen LogP contribution in [0, 0.1) is 29.2 Å². The van der Waals surface area contributed by atoms with Gasteiger partial charge in [0, 0.05) is 32.1 Å². The monoisotopic (exact) mass is 442 g/mol. The molecule has 2 fully saturated rings. The summed E-state index contributed by atoms with van der Waals surface area (Å²) in [5.41, 5.74) is 0.879. The molecule has 2 aromatic carbocycles. The average Bonchev–Trinajstić information content (AvgIpc) is 3.53. The van der Waals surface area contributed by atoms with Crippen molar-refractivity contribution in [3.05, 3.63) is 65.2 Å². The lowest BCUT2D eigenvalue weighted by molar-refractivity contribution is -0.133. The SMILES string of the molecule is O=C(C1CC1c1ccc(F)cc1)N1CCN(S(=O)(=O)c2ccc(F)c(F)c2F)CC1. The number of piperazine rings is 1. The summed E-state index contributed by atoms with van der Waals surface area (Å²) >= 11 is 0. The standard InChI is InChI=1S/C20H18F4N2O3S/c21-13-3-1-12(2-4-13)14-11-15(14)20(27)25-7-9-26(10-8-25)30(28,29)17-6-5-16(22)18(23)19(17)24/h1-6,14-15H,7-11H2. The van der Waals surface area contributed by atoms with Crippen molar-refractivity contribution in [3.63, 3.8) is 0 Å². The first-order valence-electron chi connectivity index (χ1n) is 9.38. The van der Waals surface area contributed by atoms with Gasteiger partial charge in [-0.25, -0.2) is 26.0 Å². The van der Waals surface area contributed by atoms with Crippen molar-refractivity contribution in [2.24, 2.45) is 5.92 Å². The average molecular weight is 442 g/mol. The van der Waals surface area contributed by atoms with Crippen molar-refractivity contribution >= 4 is 15.9 Å². The number of nitrogens with zero attached hydrogens (tertiary/aromatic N) is 2. The summed E-state index contributed by atoms with van der Waals surface area (Å²) in [6.07, 6.45) is 0.642. The fourth-order valence-corrected chi connectivity index (χ4v) is 5.25. The van der Waals surface area contributed by atoms with Gasteiger partial charge in [0.25, 0.3) is 0 Å². The van der Waals surface area contributed by atoms with E-state index >= 15 is 0 Å². The molecule has 0 spiro atoms. The Morgan fingerprint density at radius 1 is 0.867 bits per heavy atom. The van der Waals surface area contributed by atoms with Gasteiger partial charge in [-0.15, -0.1) is 0 Å². The van der Waals surface area contributed by atoms with E-state index in [2.05, 4.69) is 0 Å². The Balaban J connectivity index is 1.40. The highest BCUT2D eigenvalue weighted by Gasteiger charge is 2.46. The van der Waals surface area contributed by atoms with Crippen LogP contribution in [-0.4, -0.2) is 49.7 Å². The third kappa shape index (κ3) is 3.69. The van der Waals surface area contributed by atoms with Crippen LogP contribution in [0.15, 0.2) is 41.3 Å². The number of hydrogen-bond acceptors (Lipinski definition) is 3. The summed E-state index contributed by atoms with van der Waals surface area (Å²) < 4.78 is 79.7. The molecule has 1 amide bonds. The molecule has 0 N–H and O–H groups in total. The van der Waals surface area contributed by atoms with Gasteiger partial charge in [0.15, 0.2) is 17.5 Å². The second-order valence-corrected chi connectivity index (χ2v) is 9.31. The fourth-order valence-electron chi connectivity index (χ4n) is 3.78. The second-order valence-electron chi connectivity index (χ2n) is 7.40. The molecule has 1 saturated heterocycles. The highest BCUT2D eigenvalue weighted by molar-refractivity contribution is 7.89. The van der Waals surface area contributed by atoms with Crippen molar-refractivity contribution in [1.29, 1.82) is 0 Å². The molecular weight excluding hydrogens is 424 g/mol. The van der Waals surface area contributed by atoms with Crippen LogP contribution in [0.2, 0.25) is 0 Å². The van der Waals surface area contributed by atoms with Crippen LogP contribution in [-0.2, 0) is 14.8 Å². The van der Waals surface area contributed by atoms with Crippen LogP contribution < -0.4 is 0 Å². The normalized spacial score (nSPS) is 22.2. The van der Waals surface area contributed by atoms with Gasteiger partial charge in [0.1, 0.15) is 10.7 Å². The molecule has 2 atom stereocenters.